The summed E-state index contributed by atoms with van der Waals surface area (Å²) in [6.45, 7) is 7.72. The van der Waals surface area contributed by atoms with E-state index in [1.165, 1.54) is 17.3 Å². The molecule has 2 fully saturated rings. The highest BCUT2D eigenvalue weighted by Crippen LogP contribution is 2.27. The molecule has 3 heterocycles. The molecule has 1 aromatic heterocycles. The molecule has 2 aromatic rings. The Morgan fingerprint density at radius 3 is 2.86 bits per heavy atom. The Morgan fingerprint density at radius 1 is 1.28 bits per heavy atom. The number of benzene rings is 1. The first kappa shape index (κ1) is 20.4. The van der Waals surface area contributed by atoms with Crippen molar-refractivity contribution in [2.45, 2.75) is 44.7 Å². The minimum atomic E-state index is -0.154. The molecule has 2 aliphatic rings. The first-order valence-corrected chi connectivity index (χ1v) is 11.3. The van der Waals surface area contributed by atoms with Crippen LogP contribution in [-0.2, 0) is 20.8 Å². The van der Waals surface area contributed by atoms with Crippen LogP contribution in [0.3, 0.4) is 0 Å². The highest BCUT2D eigenvalue weighted by molar-refractivity contribution is 7.99. The number of likely N-dealkylation sites (tertiary alicyclic amines) is 1. The molecule has 0 spiro atoms. The summed E-state index contributed by atoms with van der Waals surface area (Å²) in [5, 5.41) is 9.53. The molecule has 0 N–H and O–H groups in total. The van der Waals surface area contributed by atoms with Crippen LogP contribution in [0.1, 0.15) is 25.3 Å². The van der Waals surface area contributed by atoms with E-state index in [0.717, 1.165) is 42.5 Å². The molecule has 0 saturated carbocycles. The van der Waals surface area contributed by atoms with Gasteiger partial charge in [0.2, 0.25) is 5.91 Å². The van der Waals surface area contributed by atoms with Crippen LogP contribution in [0.2, 0.25) is 0 Å². The Labute approximate surface area is 175 Å². The predicted molar refractivity (Wildman–Crippen MR) is 112 cm³/mol. The van der Waals surface area contributed by atoms with Gasteiger partial charge in [0.25, 0.3) is 0 Å². The third kappa shape index (κ3) is 4.65. The molecule has 8 heteroatoms. The van der Waals surface area contributed by atoms with Crippen molar-refractivity contribution in [1.29, 1.82) is 0 Å². The van der Waals surface area contributed by atoms with Gasteiger partial charge in [0.1, 0.15) is 0 Å². The van der Waals surface area contributed by atoms with Gasteiger partial charge in [-0.3, -0.25) is 4.79 Å². The van der Waals surface area contributed by atoms with E-state index >= 15 is 0 Å². The van der Waals surface area contributed by atoms with Gasteiger partial charge in [-0.15, -0.1) is 10.2 Å². The van der Waals surface area contributed by atoms with Gasteiger partial charge in [-0.1, -0.05) is 35.5 Å². The predicted octanol–water partition coefficient (Wildman–Crippen LogP) is 2.98. The number of thioether (sulfide) groups is 1. The Morgan fingerprint density at radius 2 is 2.10 bits per heavy atom. The maximum Gasteiger partial charge on any atom is 0.233 e. The molecule has 1 atom stereocenters. The van der Waals surface area contributed by atoms with Crippen LogP contribution in [0, 0.1) is 12.8 Å². The standard InChI is InChI=1S/C21H28N4O3S/c1-3-25-19(16-7-4-6-15(2)12-16)22-23-21(25)29-14-18(26)24-9-5-8-17(13-24)20-27-10-11-28-20/h4,6-7,12,17,20H,3,5,8-11,13-14H2,1-2H3. The number of rotatable bonds is 6. The van der Waals surface area contributed by atoms with Crippen LogP contribution >= 0.6 is 11.8 Å². The second-order valence-corrected chi connectivity index (χ2v) is 8.50. The van der Waals surface area contributed by atoms with Gasteiger partial charge in [-0.05, 0) is 32.8 Å². The Bertz CT molecular complexity index is 850. The summed E-state index contributed by atoms with van der Waals surface area (Å²) in [6.07, 6.45) is 1.89. The summed E-state index contributed by atoms with van der Waals surface area (Å²) >= 11 is 1.46. The van der Waals surface area contributed by atoms with Crippen molar-refractivity contribution < 1.29 is 14.3 Å². The molecule has 2 aliphatic heterocycles. The molecule has 4 rings (SSSR count). The van der Waals surface area contributed by atoms with Crippen molar-refractivity contribution >= 4 is 17.7 Å². The molecule has 2 saturated heterocycles. The fourth-order valence-electron chi connectivity index (χ4n) is 4.00. The first-order valence-electron chi connectivity index (χ1n) is 10.3. The van der Waals surface area contributed by atoms with Gasteiger partial charge >= 0.3 is 0 Å². The zero-order valence-corrected chi connectivity index (χ0v) is 17.9. The van der Waals surface area contributed by atoms with Crippen molar-refractivity contribution in [3.63, 3.8) is 0 Å². The molecule has 29 heavy (non-hydrogen) atoms. The summed E-state index contributed by atoms with van der Waals surface area (Å²) in [5.41, 5.74) is 2.24. The van der Waals surface area contributed by atoms with Crippen molar-refractivity contribution in [2.24, 2.45) is 5.92 Å². The minimum absolute atomic E-state index is 0.139. The number of amides is 1. The van der Waals surface area contributed by atoms with Gasteiger partial charge in [0, 0.05) is 31.1 Å². The quantitative estimate of drug-likeness (QED) is 0.675. The second-order valence-electron chi connectivity index (χ2n) is 7.56. The highest BCUT2D eigenvalue weighted by atomic mass is 32.2. The molecule has 1 unspecified atom stereocenters. The van der Waals surface area contributed by atoms with E-state index in [4.69, 9.17) is 9.47 Å². The number of ether oxygens (including phenoxy) is 2. The highest BCUT2D eigenvalue weighted by Gasteiger charge is 2.32. The fourth-order valence-corrected chi connectivity index (χ4v) is 4.91. The Kier molecular flexibility index (Phi) is 6.52. The summed E-state index contributed by atoms with van der Waals surface area (Å²) in [6, 6.07) is 8.25. The van der Waals surface area contributed by atoms with Crippen LogP contribution in [0.15, 0.2) is 29.4 Å². The van der Waals surface area contributed by atoms with Crippen molar-refractivity contribution in [3.8, 4) is 11.4 Å². The summed E-state index contributed by atoms with van der Waals surface area (Å²) in [5.74, 6) is 1.62. The van der Waals surface area contributed by atoms with Crippen LogP contribution < -0.4 is 0 Å². The fraction of sp³-hybridized carbons (Fsp3) is 0.571. The lowest BCUT2D eigenvalue weighted by molar-refractivity contribution is -0.136. The van der Waals surface area contributed by atoms with Crippen molar-refractivity contribution in [3.05, 3.63) is 29.8 Å². The van der Waals surface area contributed by atoms with Crippen LogP contribution in [-0.4, -0.2) is 63.9 Å². The topological polar surface area (TPSA) is 69.5 Å². The van der Waals surface area contributed by atoms with E-state index in [-0.39, 0.29) is 18.1 Å². The van der Waals surface area contributed by atoms with Gasteiger partial charge in [-0.25, -0.2) is 0 Å². The molecule has 156 valence electrons. The number of hydrogen-bond donors (Lipinski definition) is 0. The van der Waals surface area contributed by atoms with E-state index in [1.807, 2.05) is 17.0 Å². The van der Waals surface area contributed by atoms with E-state index in [1.54, 1.807) is 0 Å². The van der Waals surface area contributed by atoms with Crippen LogP contribution in [0.5, 0.6) is 0 Å². The molecule has 0 bridgehead atoms. The zero-order valence-electron chi connectivity index (χ0n) is 17.0. The van der Waals surface area contributed by atoms with Gasteiger partial charge in [0.05, 0.1) is 19.0 Å². The molecule has 1 aromatic carbocycles. The molecule has 0 radical (unpaired) electrons. The number of carbonyl (C=O) groups excluding carboxylic acids is 1. The zero-order chi connectivity index (χ0) is 20.2. The van der Waals surface area contributed by atoms with E-state index in [2.05, 4.69) is 40.7 Å². The summed E-state index contributed by atoms with van der Waals surface area (Å²) in [7, 11) is 0. The molecule has 7 nitrogen and oxygen atoms in total. The average Bonchev–Trinajstić information content (AvgIpc) is 3.42. The largest absolute Gasteiger partial charge is 0.350 e. The normalized spacial score (nSPS) is 20.3. The van der Waals surface area contributed by atoms with Gasteiger partial charge in [-0.2, -0.15) is 0 Å². The number of piperidine rings is 1. The SMILES string of the molecule is CCn1c(SCC(=O)N2CCCC(C3OCCO3)C2)nnc1-c1cccc(C)c1. The summed E-state index contributed by atoms with van der Waals surface area (Å²) < 4.78 is 13.4. The number of carbonyl (C=O) groups is 1. The minimum Gasteiger partial charge on any atom is -0.350 e. The average molecular weight is 417 g/mol. The van der Waals surface area contributed by atoms with E-state index in [0.29, 0.717) is 25.5 Å². The lowest BCUT2D eigenvalue weighted by atomic mass is 9.97. The third-order valence-corrected chi connectivity index (χ3v) is 6.43. The van der Waals surface area contributed by atoms with E-state index < -0.39 is 0 Å². The maximum atomic E-state index is 12.8. The van der Waals surface area contributed by atoms with Crippen molar-refractivity contribution in [2.75, 3.05) is 32.1 Å². The smallest absolute Gasteiger partial charge is 0.233 e. The lowest BCUT2D eigenvalue weighted by Gasteiger charge is -2.34. The van der Waals surface area contributed by atoms with Crippen LogP contribution in [0.25, 0.3) is 11.4 Å². The number of aromatic nitrogens is 3. The molecule has 0 aliphatic carbocycles. The Balaban J connectivity index is 1.39. The van der Waals surface area contributed by atoms with Gasteiger partial charge in [0.15, 0.2) is 17.3 Å². The third-order valence-electron chi connectivity index (χ3n) is 5.48. The number of aryl methyl sites for hydroxylation is 1. The van der Waals surface area contributed by atoms with Crippen LogP contribution in [0.4, 0.5) is 0 Å². The monoisotopic (exact) mass is 416 g/mol. The first-order chi connectivity index (χ1) is 14.2. The van der Waals surface area contributed by atoms with Gasteiger partial charge < -0.3 is 18.9 Å². The molecule has 1 amide bonds. The molecular formula is C21H28N4O3S. The Hall–Kier alpha value is -1.90. The number of hydrogen-bond acceptors (Lipinski definition) is 6. The molecular weight excluding hydrogens is 388 g/mol. The maximum absolute atomic E-state index is 12.8. The lowest BCUT2D eigenvalue weighted by Crippen LogP contribution is -2.44. The second kappa shape index (κ2) is 9.28. The van der Waals surface area contributed by atoms with Crippen molar-refractivity contribution in [1.82, 2.24) is 19.7 Å². The van der Waals surface area contributed by atoms with E-state index in [9.17, 15) is 4.79 Å². The summed E-state index contributed by atoms with van der Waals surface area (Å²) in [4.78, 5) is 14.8. The number of nitrogens with zero attached hydrogens (tertiary/aromatic N) is 4.